The second kappa shape index (κ2) is 12.2. The summed E-state index contributed by atoms with van der Waals surface area (Å²) >= 11 is 0. The molecular weight excluding hydrogens is 586 g/mol. The number of aromatic nitrogens is 2. The van der Waals surface area contributed by atoms with Crippen LogP contribution in [0.4, 0.5) is 4.79 Å². The average molecular weight is 618 g/mol. The van der Waals surface area contributed by atoms with Crippen LogP contribution in [0.1, 0.15) is 37.0 Å². The molecule has 0 radical (unpaired) electrons. The summed E-state index contributed by atoms with van der Waals surface area (Å²) in [4.78, 5) is 55.2. The lowest BCUT2D eigenvalue weighted by atomic mass is 9.80. The first-order valence-corrected chi connectivity index (χ1v) is 13.4. The minimum absolute atomic E-state index is 0.00598. The molecule has 0 aliphatic rings. The number of hydrogen-bond acceptors (Lipinski definition) is 8. The SMILES string of the molecule is CC(C)(C(=O)N[C@@H](CC(=O)O)C(=O)O)c1cc(-c2nc3ccc(C(=N)N)cc3[nH]2)c(O)c(-c2cc(CNC(N)=O)ccc2O)c1. The number of fused-ring (bicyclic) bond motifs is 1. The number of hydrogen-bond donors (Lipinski definition) is 10. The molecule has 4 rings (SSSR count). The van der Waals surface area contributed by atoms with E-state index < -0.39 is 41.8 Å². The normalized spacial score (nSPS) is 12.0. The van der Waals surface area contributed by atoms with Gasteiger partial charge in [-0.1, -0.05) is 6.07 Å². The van der Waals surface area contributed by atoms with Crippen LogP contribution in [0.25, 0.3) is 33.5 Å². The van der Waals surface area contributed by atoms with E-state index in [1.807, 2.05) is 0 Å². The van der Waals surface area contributed by atoms with Crippen LogP contribution in [-0.4, -0.2) is 66.1 Å². The fraction of sp³-hybridized carbons (Fsp3) is 0.200. The molecule has 1 atom stereocenters. The lowest BCUT2D eigenvalue weighted by Crippen LogP contribution is -2.49. The molecule has 0 saturated heterocycles. The average Bonchev–Trinajstić information content (AvgIpc) is 3.39. The number of carboxylic acids is 2. The molecular formula is C30H31N7O8. The highest BCUT2D eigenvalue weighted by molar-refractivity contribution is 5.99. The fourth-order valence-electron chi connectivity index (χ4n) is 4.63. The largest absolute Gasteiger partial charge is 0.507 e. The molecule has 0 spiro atoms. The van der Waals surface area contributed by atoms with Crippen LogP contribution < -0.4 is 22.1 Å². The molecule has 3 aromatic carbocycles. The summed E-state index contributed by atoms with van der Waals surface area (Å²) in [6.45, 7) is 2.96. The van der Waals surface area contributed by atoms with Crippen LogP contribution in [0, 0.1) is 5.41 Å². The summed E-state index contributed by atoms with van der Waals surface area (Å²) in [5.41, 5.74) is 11.7. The summed E-state index contributed by atoms with van der Waals surface area (Å²) in [7, 11) is 0. The van der Waals surface area contributed by atoms with Gasteiger partial charge in [0.2, 0.25) is 5.91 Å². The van der Waals surface area contributed by atoms with E-state index in [-0.39, 0.29) is 52.0 Å². The Morgan fingerprint density at radius 1 is 0.978 bits per heavy atom. The van der Waals surface area contributed by atoms with Crippen LogP contribution in [0.2, 0.25) is 0 Å². The van der Waals surface area contributed by atoms with Crippen molar-refractivity contribution in [3.63, 3.8) is 0 Å². The Bertz CT molecular complexity index is 1860. The molecule has 0 bridgehead atoms. The number of carboxylic acid groups (broad SMARTS) is 2. The van der Waals surface area contributed by atoms with E-state index in [0.717, 1.165) is 0 Å². The number of rotatable bonds is 11. The molecule has 15 nitrogen and oxygen atoms in total. The van der Waals surface area contributed by atoms with Crippen LogP contribution >= 0.6 is 0 Å². The minimum atomic E-state index is -1.71. The Balaban J connectivity index is 1.92. The molecule has 3 amide bonds. The first-order valence-electron chi connectivity index (χ1n) is 13.4. The summed E-state index contributed by atoms with van der Waals surface area (Å²) in [5.74, 6) is -4.38. The van der Waals surface area contributed by atoms with E-state index in [1.165, 1.54) is 44.2 Å². The van der Waals surface area contributed by atoms with E-state index in [0.29, 0.717) is 22.2 Å². The maximum atomic E-state index is 13.5. The zero-order valence-electron chi connectivity index (χ0n) is 24.1. The van der Waals surface area contributed by atoms with Crippen molar-refractivity contribution in [3.8, 4) is 34.0 Å². The number of benzene rings is 3. The Labute approximate surface area is 255 Å². The molecule has 1 aromatic heterocycles. The molecule has 0 fully saturated rings. The number of carbonyl (C=O) groups is 4. The number of urea groups is 1. The number of nitrogen functional groups attached to an aromatic ring is 1. The highest BCUT2D eigenvalue weighted by Gasteiger charge is 2.35. The van der Waals surface area contributed by atoms with Crippen LogP contribution in [0.3, 0.4) is 0 Å². The fourth-order valence-corrected chi connectivity index (χ4v) is 4.63. The number of aliphatic carboxylic acids is 2. The molecule has 15 heteroatoms. The van der Waals surface area contributed by atoms with Crippen molar-refractivity contribution in [1.82, 2.24) is 20.6 Å². The van der Waals surface area contributed by atoms with E-state index in [9.17, 15) is 34.5 Å². The number of imidazole rings is 1. The number of amides is 3. The van der Waals surface area contributed by atoms with Crippen LogP contribution in [-0.2, 0) is 26.3 Å². The van der Waals surface area contributed by atoms with Crippen LogP contribution in [0.15, 0.2) is 48.5 Å². The van der Waals surface area contributed by atoms with Crippen molar-refractivity contribution in [2.45, 2.75) is 38.3 Å². The number of aromatic amines is 1. The molecule has 234 valence electrons. The topological polar surface area (TPSA) is 278 Å². The lowest BCUT2D eigenvalue weighted by molar-refractivity contribution is -0.147. The van der Waals surface area contributed by atoms with Gasteiger partial charge in [0.25, 0.3) is 0 Å². The van der Waals surface area contributed by atoms with Gasteiger partial charge in [-0.15, -0.1) is 0 Å². The molecule has 0 saturated carbocycles. The molecule has 1 heterocycles. The van der Waals surface area contributed by atoms with Crippen molar-refractivity contribution in [2.24, 2.45) is 11.5 Å². The summed E-state index contributed by atoms with van der Waals surface area (Å²) < 4.78 is 0. The Morgan fingerprint density at radius 3 is 2.29 bits per heavy atom. The first kappa shape index (κ1) is 31.8. The number of nitrogens with zero attached hydrogens (tertiary/aromatic N) is 1. The van der Waals surface area contributed by atoms with Gasteiger partial charge in [0.15, 0.2) is 0 Å². The molecule has 0 aliphatic heterocycles. The second-order valence-corrected chi connectivity index (χ2v) is 10.8. The molecule has 4 aromatic rings. The smallest absolute Gasteiger partial charge is 0.326 e. The van der Waals surface area contributed by atoms with E-state index >= 15 is 0 Å². The zero-order valence-corrected chi connectivity index (χ0v) is 24.1. The number of nitrogens with one attached hydrogen (secondary N) is 4. The highest BCUT2D eigenvalue weighted by atomic mass is 16.4. The first-order chi connectivity index (χ1) is 21.1. The third kappa shape index (κ3) is 6.77. The van der Waals surface area contributed by atoms with Crippen molar-refractivity contribution in [2.75, 3.05) is 0 Å². The Morgan fingerprint density at radius 2 is 1.67 bits per heavy atom. The van der Waals surface area contributed by atoms with Gasteiger partial charge in [-0.2, -0.15) is 0 Å². The quantitative estimate of drug-likeness (QED) is 0.0863. The number of amidine groups is 1. The van der Waals surface area contributed by atoms with Gasteiger partial charge in [-0.05, 0) is 67.4 Å². The van der Waals surface area contributed by atoms with Gasteiger partial charge in [-0.25, -0.2) is 14.6 Å². The van der Waals surface area contributed by atoms with Crippen LogP contribution in [0.5, 0.6) is 11.5 Å². The maximum absolute atomic E-state index is 13.5. The Kier molecular flexibility index (Phi) is 8.65. The second-order valence-electron chi connectivity index (χ2n) is 10.8. The summed E-state index contributed by atoms with van der Waals surface area (Å²) in [6.07, 6.45) is -0.857. The van der Waals surface area contributed by atoms with Gasteiger partial charge in [0.05, 0.1) is 28.4 Å². The van der Waals surface area contributed by atoms with Crippen molar-refractivity contribution >= 4 is 40.7 Å². The number of primary amides is 1. The molecule has 0 unspecified atom stereocenters. The number of nitrogens with two attached hydrogens (primary N) is 2. The minimum Gasteiger partial charge on any atom is -0.507 e. The lowest BCUT2D eigenvalue weighted by Gasteiger charge is -2.27. The molecule has 45 heavy (non-hydrogen) atoms. The number of phenolic OH excluding ortho intramolecular Hbond substituents is 2. The monoisotopic (exact) mass is 617 g/mol. The van der Waals surface area contributed by atoms with Crippen molar-refractivity contribution in [3.05, 3.63) is 65.2 Å². The summed E-state index contributed by atoms with van der Waals surface area (Å²) in [6, 6.07) is 9.63. The van der Waals surface area contributed by atoms with Gasteiger partial charge >= 0.3 is 18.0 Å². The van der Waals surface area contributed by atoms with Gasteiger partial charge in [-0.3, -0.25) is 15.0 Å². The van der Waals surface area contributed by atoms with Crippen molar-refractivity contribution in [1.29, 1.82) is 5.41 Å². The van der Waals surface area contributed by atoms with E-state index in [2.05, 4.69) is 20.6 Å². The predicted octanol–water partition coefficient (Wildman–Crippen LogP) is 2.08. The Hall–Kier alpha value is -6.12. The van der Waals surface area contributed by atoms with Crippen molar-refractivity contribution < 1.29 is 39.6 Å². The number of aromatic hydroxyl groups is 2. The molecule has 12 N–H and O–H groups in total. The number of phenols is 2. The van der Waals surface area contributed by atoms with Gasteiger partial charge in [0, 0.05) is 23.2 Å². The number of H-pyrrole nitrogens is 1. The molecule has 0 aliphatic carbocycles. The van der Waals surface area contributed by atoms with E-state index in [4.69, 9.17) is 22.0 Å². The summed E-state index contributed by atoms with van der Waals surface area (Å²) in [5, 5.41) is 53.5. The van der Waals surface area contributed by atoms with Gasteiger partial charge in [0.1, 0.15) is 29.2 Å². The highest BCUT2D eigenvalue weighted by Crippen LogP contribution is 2.44. The number of carbonyl (C=O) groups excluding carboxylic acids is 2. The third-order valence-electron chi connectivity index (χ3n) is 7.25. The van der Waals surface area contributed by atoms with E-state index in [1.54, 1.807) is 18.2 Å². The standard InChI is InChI=1S/C30H31N7O8/c1-30(2,28(44)37-21(27(42)43)11-23(39)40)15-9-17(16-7-13(3-6-22(16)38)12-34-29(33)45)24(41)18(10-15)26-35-19-5-4-14(25(31)32)8-20(19)36-26/h3-10,21,38,41H,11-12H2,1-2H3,(H3,31,32)(H,35,36)(H,37,44)(H,39,40)(H,42,43)(H3,33,34,45)/t21-/m0/s1. The maximum Gasteiger partial charge on any atom is 0.326 e. The third-order valence-corrected chi connectivity index (χ3v) is 7.25. The zero-order chi connectivity index (χ0) is 33.2. The van der Waals surface area contributed by atoms with Gasteiger partial charge < -0.3 is 47.5 Å². The predicted molar refractivity (Wildman–Crippen MR) is 163 cm³/mol.